The molecule has 0 unspecified atom stereocenters. The van der Waals surface area contributed by atoms with E-state index >= 15 is 0 Å². The number of H-pyrrole nitrogens is 1. The van der Waals surface area contributed by atoms with Crippen molar-refractivity contribution < 1.29 is 18.3 Å². The minimum atomic E-state index is -3.93. The van der Waals surface area contributed by atoms with Gasteiger partial charge in [0, 0.05) is 26.1 Å². The number of rotatable bonds is 10. The van der Waals surface area contributed by atoms with Gasteiger partial charge in [0.15, 0.2) is 0 Å². The molecule has 0 aliphatic heterocycles. The zero-order valence-corrected chi connectivity index (χ0v) is 19.8. The summed E-state index contributed by atoms with van der Waals surface area (Å²) in [5, 5.41) is 13.3. The van der Waals surface area contributed by atoms with Gasteiger partial charge in [-0.1, -0.05) is 44.2 Å². The van der Waals surface area contributed by atoms with Crippen LogP contribution in [0.15, 0.2) is 53.4 Å². The second-order valence-electron chi connectivity index (χ2n) is 8.58. The van der Waals surface area contributed by atoms with Gasteiger partial charge in [-0.2, -0.15) is 4.31 Å². The molecule has 33 heavy (non-hydrogen) atoms. The summed E-state index contributed by atoms with van der Waals surface area (Å²) in [5.74, 6) is -0.00274. The number of amides is 1. The first-order valence-electron chi connectivity index (χ1n) is 10.8. The number of imidazole rings is 1. The van der Waals surface area contributed by atoms with Gasteiger partial charge in [-0.15, -0.1) is 0 Å². The molecule has 0 spiro atoms. The monoisotopic (exact) mass is 473 g/mol. The summed E-state index contributed by atoms with van der Waals surface area (Å²) in [4.78, 5) is 18.5. The van der Waals surface area contributed by atoms with Gasteiger partial charge >= 0.3 is 0 Å². The van der Waals surface area contributed by atoms with Gasteiger partial charge in [-0.25, -0.2) is 13.4 Å². The summed E-state index contributed by atoms with van der Waals surface area (Å²) in [6.45, 7) is 5.29. The van der Waals surface area contributed by atoms with Gasteiger partial charge < -0.3 is 15.8 Å². The van der Waals surface area contributed by atoms with Crippen molar-refractivity contribution in [3.05, 3.63) is 54.1 Å². The Hall–Kier alpha value is -2.79. The number of hydrogen-bond acceptors (Lipinski definition) is 6. The van der Waals surface area contributed by atoms with E-state index in [0.29, 0.717) is 17.5 Å². The average Bonchev–Trinajstić information content (AvgIpc) is 3.14. The summed E-state index contributed by atoms with van der Waals surface area (Å²) in [6.07, 6.45) is -0.609. The molecule has 2 atom stereocenters. The number of hydrogen-bond donors (Lipinski definition) is 4. The lowest BCUT2D eigenvalue weighted by Gasteiger charge is -2.28. The van der Waals surface area contributed by atoms with Gasteiger partial charge in [0.05, 0.1) is 22.0 Å². The molecule has 3 aromatic rings. The number of aliphatic hydroxyl groups excluding tert-OH is 1. The molecule has 0 aliphatic rings. The molecule has 0 bridgehead atoms. The quantitative estimate of drug-likeness (QED) is 0.355. The van der Waals surface area contributed by atoms with Crippen molar-refractivity contribution in [3.8, 4) is 0 Å². The number of sulfonamides is 1. The Kier molecular flexibility index (Phi) is 7.85. The molecule has 0 fully saturated rings. The van der Waals surface area contributed by atoms with Crippen molar-refractivity contribution in [1.29, 1.82) is 0 Å². The topological polar surface area (TPSA) is 141 Å². The lowest BCUT2D eigenvalue weighted by Crippen LogP contribution is -2.47. The highest BCUT2D eigenvalue weighted by atomic mass is 32.2. The number of nitrogens with one attached hydrogen (secondary N) is 2. The Morgan fingerprint density at radius 2 is 1.88 bits per heavy atom. The Morgan fingerprint density at radius 3 is 2.52 bits per heavy atom. The first kappa shape index (κ1) is 24.8. The number of carbonyl (C=O) groups is 1. The zero-order chi connectivity index (χ0) is 24.2. The van der Waals surface area contributed by atoms with Crippen LogP contribution in [-0.4, -0.2) is 58.9 Å². The molecule has 3 rings (SSSR count). The van der Waals surface area contributed by atoms with Crippen molar-refractivity contribution >= 4 is 32.9 Å². The number of aliphatic hydroxyl groups is 1. The van der Waals surface area contributed by atoms with E-state index in [1.54, 1.807) is 6.07 Å². The van der Waals surface area contributed by atoms with Crippen LogP contribution in [0.5, 0.6) is 0 Å². The summed E-state index contributed by atoms with van der Waals surface area (Å²) >= 11 is 0. The predicted molar refractivity (Wildman–Crippen MR) is 128 cm³/mol. The lowest BCUT2D eigenvalue weighted by molar-refractivity contribution is -0.114. The fourth-order valence-electron chi connectivity index (χ4n) is 3.57. The molecule has 10 heteroatoms. The third-order valence-electron chi connectivity index (χ3n) is 5.15. The van der Waals surface area contributed by atoms with Crippen LogP contribution < -0.4 is 11.1 Å². The molecule has 1 amide bonds. The Balaban J connectivity index is 1.83. The normalized spacial score (nSPS) is 14.0. The van der Waals surface area contributed by atoms with Crippen LogP contribution in [0.25, 0.3) is 11.0 Å². The molecule has 0 aliphatic carbocycles. The third kappa shape index (κ3) is 6.38. The molecule has 0 saturated heterocycles. The van der Waals surface area contributed by atoms with Crippen LogP contribution in [0.4, 0.5) is 5.95 Å². The van der Waals surface area contributed by atoms with Crippen molar-refractivity contribution in [3.63, 3.8) is 0 Å². The average molecular weight is 474 g/mol. The van der Waals surface area contributed by atoms with E-state index in [1.165, 1.54) is 23.4 Å². The number of aromatic amines is 1. The predicted octanol–water partition coefficient (Wildman–Crippen LogP) is 2.10. The largest absolute Gasteiger partial charge is 0.390 e. The SMILES string of the molecule is CC(=O)Nc1nc2cc(S(=O)(=O)N(CC(C)C)C[C@@H](O)[C@@H](N)Cc3ccccc3)ccc2[nH]1. The van der Waals surface area contributed by atoms with Crippen LogP contribution in [0.2, 0.25) is 0 Å². The number of aromatic nitrogens is 2. The minimum Gasteiger partial charge on any atom is -0.390 e. The van der Waals surface area contributed by atoms with E-state index in [9.17, 15) is 18.3 Å². The fraction of sp³-hybridized carbons (Fsp3) is 0.391. The van der Waals surface area contributed by atoms with Crippen LogP contribution in [0, 0.1) is 5.92 Å². The van der Waals surface area contributed by atoms with E-state index in [-0.39, 0.29) is 35.8 Å². The Morgan fingerprint density at radius 1 is 1.18 bits per heavy atom. The molecular weight excluding hydrogens is 442 g/mol. The second-order valence-corrected chi connectivity index (χ2v) is 10.5. The molecule has 1 aromatic heterocycles. The number of carbonyl (C=O) groups excluding carboxylic acids is 1. The molecule has 5 N–H and O–H groups in total. The molecule has 2 aromatic carbocycles. The molecule has 0 radical (unpaired) electrons. The molecule has 1 heterocycles. The Labute approximate surface area is 194 Å². The first-order chi connectivity index (χ1) is 15.6. The zero-order valence-electron chi connectivity index (χ0n) is 19.0. The van der Waals surface area contributed by atoms with E-state index < -0.39 is 22.2 Å². The van der Waals surface area contributed by atoms with Crippen LogP contribution in [-0.2, 0) is 21.2 Å². The van der Waals surface area contributed by atoms with Gasteiger partial charge in [0.2, 0.25) is 21.9 Å². The number of anilines is 1. The highest BCUT2D eigenvalue weighted by Gasteiger charge is 2.30. The minimum absolute atomic E-state index is 0.0396. The maximum absolute atomic E-state index is 13.5. The van der Waals surface area contributed by atoms with E-state index in [1.807, 2.05) is 44.2 Å². The standard InChI is InChI=1S/C23H31N5O4S/c1-15(2)13-28(14-22(30)19(24)11-17-7-5-4-6-8-17)33(31,32)18-9-10-20-21(12-18)27-23(26-20)25-16(3)29/h4-10,12,15,19,22,30H,11,13-14,24H2,1-3H3,(H2,25,26,27,29)/t19-,22+/m0/s1. The number of nitrogens with two attached hydrogens (primary N) is 1. The number of benzene rings is 2. The van der Waals surface area contributed by atoms with Crippen LogP contribution >= 0.6 is 0 Å². The molecule has 9 nitrogen and oxygen atoms in total. The molecule has 0 saturated carbocycles. The van der Waals surface area contributed by atoms with Crippen molar-refractivity contribution in [2.75, 3.05) is 18.4 Å². The summed E-state index contributed by atoms with van der Waals surface area (Å²) < 4.78 is 28.2. The summed E-state index contributed by atoms with van der Waals surface area (Å²) in [5.41, 5.74) is 8.18. The Bertz CT molecular complexity index is 1190. The van der Waals surface area contributed by atoms with Crippen molar-refractivity contribution in [2.24, 2.45) is 11.7 Å². The van der Waals surface area contributed by atoms with Gasteiger partial charge in [0.1, 0.15) is 0 Å². The number of nitrogens with zero attached hydrogens (tertiary/aromatic N) is 2. The second kappa shape index (κ2) is 10.4. The van der Waals surface area contributed by atoms with E-state index in [4.69, 9.17) is 5.73 Å². The first-order valence-corrected chi connectivity index (χ1v) is 12.3. The maximum atomic E-state index is 13.5. The van der Waals surface area contributed by atoms with Crippen molar-refractivity contribution in [1.82, 2.24) is 14.3 Å². The van der Waals surface area contributed by atoms with Crippen LogP contribution in [0.3, 0.4) is 0 Å². The third-order valence-corrected chi connectivity index (χ3v) is 6.98. The van der Waals surface area contributed by atoms with E-state index in [2.05, 4.69) is 15.3 Å². The maximum Gasteiger partial charge on any atom is 0.243 e. The van der Waals surface area contributed by atoms with Crippen LogP contribution in [0.1, 0.15) is 26.3 Å². The summed E-state index contributed by atoms with van der Waals surface area (Å²) in [7, 11) is -3.93. The summed E-state index contributed by atoms with van der Waals surface area (Å²) in [6, 6.07) is 13.5. The van der Waals surface area contributed by atoms with Crippen molar-refractivity contribution in [2.45, 2.75) is 44.2 Å². The highest BCUT2D eigenvalue weighted by molar-refractivity contribution is 7.89. The highest BCUT2D eigenvalue weighted by Crippen LogP contribution is 2.23. The van der Waals surface area contributed by atoms with Gasteiger partial charge in [-0.05, 0) is 36.1 Å². The molecular formula is C23H31N5O4S. The molecule has 178 valence electrons. The van der Waals surface area contributed by atoms with Gasteiger partial charge in [-0.3, -0.25) is 10.1 Å². The smallest absolute Gasteiger partial charge is 0.243 e. The van der Waals surface area contributed by atoms with E-state index in [0.717, 1.165) is 5.56 Å². The lowest BCUT2D eigenvalue weighted by atomic mass is 10.0. The number of fused-ring (bicyclic) bond motifs is 1. The fourth-order valence-corrected chi connectivity index (χ4v) is 5.21. The van der Waals surface area contributed by atoms with Gasteiger partial charge in [0.25, 0.3) is 0 Å².